The topological polar surface area (TPSA) is 200 Å². The Morgan fingerprint density at radius 2 is 0.633 bits per heavy atom. The van der Waals surface area contributed by atoms with Crippen LogP contribution >= 0.6 is 31.9 Å². The zero-order valence-electron chi connectivity index (χ0n) is 46.2. The van der Waals surface area contributed by atoms with Crippen molar-refractivity contribution in [2.24, 2.45) is 0 Å². The summed E-state index contributed by atoms with van der Waals surface area (Å²) in [6.07, 6.45) is 0. The average Bonchev–Trinajstić information content (AvgIpc) is 3.99. The summed E-state index contributed by atoms with van der Waals surface area (Å²) >= 11 is 7.57. The van der Waals surface area contributed by atoms with Crippen LogP contribution in [0.2, 0.25) is 0 Å². The predicted molar refractivity (Wildman–Crippen MR) is 298 cm³/mol. The summed E-state index contributed by atoms with van der Waals surface area (Å²) < 4.78 is 105. The summed E-state index contributed by atoms with van der Waals surface area (Å²) in [5.41, 5.74) is 3.17. The lowest BCUT2D eigenvalue weighted by Crippen LogP contribution is -2.30. The van der Waals surface area contributed by atoms with E-state index < -0.39 is 17.4 Å². The molecular weight excluding hydrogens is 1160 g/mol. The minimum atomic E-state index is -1.36. The Morgan fingerprint density at radius 1 is 0.354 bits per heavy atom. The summed E-state index contributed by atoms with van der Waals surface area (Å²) in [5.74, 6) is -0.759. The lowest BCUT2D eigenvalue weighted by molar-refractivity contribution is 0.0158. The normalized spacial score (nSPS) is 12.3. The van der Waals surface area contributed by atoms with Crippen LogP contribution < -0.4 is 18.9 Å². The maximum Gasteiger partial charge on any atom is 0.341 e. The van der Waals surface area contributed by atoms with Gasteiger partial charge in [0.2, 0.25) is 0 Å². The van der Waals surface area contributed by atoms with Crippen LogP contribution in [0.25, 0.3) is 11.1 Å². The number of esters is 2. The molecule has 0 amide bonds. The van der Waals surface area contributed by atoms with Crippen LogP contribution in [0.15, 0.2) is 69.6 Å². The maximum atomic E-state index is 14.3. The van der Waals surface area contributed by atoms with E-state index in [4.69, 9.17) is 85.3 Å². The molecule has 438 valence electrons. The van der Waals surface area contributed by atoms with E-state index in [2.05, 4.69) is 31.9 Å². The molecule has 0 N–H and O–H groups in total. The van der Waals surface area contributed by atoms with Crippen molar-refractivity contribution in [3.05, 3.63) is 103 Å². The number of fused-ring (bicyclic) bond motifs is 3. The van der Waals surface area contributed by atoms with Gasteiger partial charge in [-0.3, -0.25) is 0 Å². The molecule has 0 saturated carbocycles. The molecule has 0 unspecified atom stereocenters. The molecule has 79 heavy (non-hydrogen) atoms. The molecule has 0 saturated heterocycles. The second-order valence-electron chi connectivity index (χ2n) is 17.1. The van der Waals surface area contributed by atoms with Gasteiger partial charge in [-0.1, -0.05) is 44.0 Å². The Morgan fingerprint density at radius 3 is 0.924 bits per heavy atom. The number of rotatable bonds is 44. The molecule has 22 heteroatoms. The fourth-order valence-electron chi connectivity index (χ4n) is 8.41. The van der Waals surface area contributed by atoms with Crippen molar-refractivity contribution in [2.75, 3.05) is 201 Å². The van der Waals surface area contributed by atoms with Gasteiger partial charge in [-0.25, -0.2) is 9.59 Å². The summed E-state index contributed by atoms with van der Waals surface area (Å²) in [6.45, 7) is 6.99. The molecule has 0 heterocycles. The van der Waals surface area contributed by atoms with E-state index in [0.717, 1.165) is 31.2 Å². The summed E-state index contributed by atoms with van der Waals surface area (Å²) in [6, 6.07) is 19.2. The van der Waals surface area contributed by atoms with Crippen molar-refractivity contribution in [1.29, 1.82) is 0 Å². The minimum absolute atomic E-state index is 0.0339. The predicted octanol–water partition coefficient (Wildman–Crippen LogP) is 7.38. The van der Waals surface area contributed by atoms with Crippen LogP contribution in [-0.2, 0) is 71.7 Å². The molecule has 20 nitrogen and oxygen atoms in total. The molecule has 5 rings (SSSR count). The van der Waals surface area contributed by atoms with E-state index in [9.17, 15) is 9.59 Å². The first kappa shape index (κ1) is 65.3. The highest BCUT2D eigenvalue weighted by Crippen LogP contribution is 2.59. The van der Waals surface area contributed by atoms with Crippen molar-refractivity contribution < 1.29 is 94.9 Å². The maximum absolute atomic E-state index is 14.3. The fourth-order valence-corrected chi connectivity index (χ4v) is 9.14. The Bertz CT molecular complexity index is 2260. The third-order valence-corrected chi connectivity index (χ3v) is 13.0. The van der Waals surface area contributed by atoms with Crippen LogP contribution in [0.3, 0.4) is 0 Å². The summed E-state index contributed by atoms with van der Waals surface area (Å²) in [7, 11) is 9.02. The number of ether oxygens (including phenoxy) is 18. The molecule has 0 aliphatic heterocycles. The quantitative estimate of drug-likeness (QED) is 0.0276. The van der Waals surface area contributed by atoms with E-state index in [0.29, 0.717) is 117 Å². The molecular formula is C57H76Br2O20. The summed E-state index contributed by atoms with van der Waals surface area (Å²) in [4.78, 5) is 28.6. The lowest BCUT2D eigenvalue weighted by atomic mass is 9.67. The first-order valence-electron chi connectivity index (χ1n) is 25.9. The zero-order chi connectivity index (χ0) is 56.5. The van der Waals surface area contributed by atoms with Gasteiger partial charge in [0.1, 0.15) is 37.6 Å². The summed E-state index contributed by atoms with van der Waals surface area (Å²) in [5, 5.41) is 0. The number of hydrogen-bond donors (Lipinski definition) is 0. The van der Waals surface area contributed by atoms with Gasteiger partial charge < -0.3 is 85.3 Å². The van der Waals surface area contributed by atoms with Crippen molar-refractivity contribution in [2.45, 2.75) is 5.41 Å². The van der Waals surface area contributed by atoms with Gasteiger partial charge in [0.25, 0.3) is 0 Å². The molecule has 0 fully saturated rings. The number of halogens is 2. The van der Waals surface area contributed by atoms with Gasteiger partial charge >= 0.3 is 11.9 Å². The minimum Gasteiger partial charge on any atom is -0.487 e. The Balaban J connectivity index is 1.69. The molecule has 0 atom stereocenters. The van der Waals surface area contributed by atoms with Gasteiger partial charge in [0.05, 0.1) is 152 Å². The number of hydrogen-bond acceptors (Lipinski definition) is 20. The third kappa shape index (κ3) is 19.9. The third-order valence-electron chi connectivity index (χ3n) is 12.0. The van der Waals surface area contributed by atoms with E-state index in [-0.39, 0.29) is 87.0 Å². The van der Waals surface area contributed by atoms with Crippen LogP contribution in [0, 0.1) is 0 Å². The van der Waals surface area contributed by atoms with E-state index >= 15 is 0 Å². The van der Waals surface area contributed by atoms with E-state index in [1.54, 1.807) is 40.6 Å². The molecule has 0 spiro atoms. The number of benzene rings is 4. The SMILES string of the molecule is COCCOCCOCCOc1cc(C2(c3cc(OCCOCCOCCOC)c(OCCOCCOCCOC)c(C(=O)OC)c3)c3cc(Br)ccc3-c3ccc(Br)cc32)cc(C(=O)OC)c1OCCOCCOCCOC. The molecule has 4 aromatic rings. The van der Waals surface area contributed by atoms with Crippen LogP contribution in [0.5, 0.6) is 23.0 Å². The first-order chi connectivity index (χ1) is 38.7. The highest BCUT2D eigenvalue weighted by molar-refractivity contribution is 9.10. The van der Waals surface area contributed by atoms with Crippen LogP contribution in [0.4, 0.5) is 0 Å². The first-order valence-corrected chi connectivity index (χ1v) is 27.5. The smallest absolute Gasteiger partial charge is 0.341 e. The van der Waals surface area contributed by atoms with Gasteiger partial charge in [-0.2, -0.15) is 0 Å². The fraction of sp³-hybridized carbons (Fsp3) is 0.544. The van der Waals surface area contributed by atoms with Crippen LogP contribution in [0.1, 0.15) is 43.0 Å². The second-order valence-corrected chi connectivity index (χ2v) is 18.9. The molecule has 1 aliphatic rings. The molecule has 1 aliphatic carbocycles. The van der Waals surface area contributed by atoms with Gasteiger partial charge in [0, 0.05) is 37.4 Å². The highest BCUT2D eigenvalue weighted by atomic mass is 79.9. The van der Waals surface area contributed by atoms with Crippen LogP contribution in [-0.4, -0.2) is 213 Å². The van der Waals surface area contributed by atoms with Crippen molar-refractivity contribution in [3.63, 3.8) is 0 Å². The number of methoxy groups -OCH3 is 6. The van der Waals surface area contributed by atoms with Crippen molar-refractivity contribution in [3.8, 4) is 34.1 Å². The Kier molecular flexibility index (Phi) is 31.0. The Labute approximate surface area is 480 Å². The van der Waals surface area contributed by atoms with Crippen molar-refractivity contribution >= 4 is 43.8 Å². The van der Waals surface area contributed by atoms with Gasteiger partial charge in [0.15, 0.2) is 23.0 Å². The largest absolute Gasteiger partial charge is 0.487 e. The molecule has 0 radical (unpaired) electrons. The number of carbonyl (C=O) groups excluding carboxylic acids is 2. The molecule has 0 aromatic heterocycles. The molecule has 0 bridgehead atoms. The second kappa shape index (κ2) is 37.5. The number of carbonyl (C=O) groups is 2. The lowest BCUT2D eigenvalue weighted by Gasteiger charge is -2.35. The average molecular weight is 1240 g/mol. The monoisotopic (exact) mass is 1240 g/mol. The van der Waals surface area contributed by atoms with Gasteiger partial charge in [-0.15, -0.1) is 0 Å². The molecule has 4 aromatic carbocycles. The highest BCUT2D eigenvalue weighted by Gasteiger charge is 2.48. The Hall–Kier alpha value is -4.50. The van der Waals surface area contributed by atoms with Crippen molar-refractivity contribution in [1.82, 2.24) is 0 Å². The van der Waals surface area contributed by atoms with Gasteiger partial charge in [-0.05, 0) is 81.9 Å². The zero-order valence-corrected chi connectivity index (χ0v) is 49.3. The van der Waals surface area contributed by atoms with E-state index in [1.165, 1.54) is 14.2 Å². The standard InChI is InChI=1S/C57H76Br2O20/c1-62-11-15-68-19-23-72-27-31-76-51-37-41(35-47(55(60)66-5)53(51)78-33-29-74-25-21-70-17-13-64-3)57(49-39-43(58)7-9-45(49)46-10-8-44(59)40-50(46)57)42-36-48(56(61)67-6)54(79-34-30-75-26-22-71-18-14-65-4)52(38-42)77-32-28-73-24-20-69-16-12-63-2/h7-10,35-40H,11-34H2,1-6H3. The van der Waals surface area contributed by atoms with E-state index in [1.807, 2.05) is 48.5 Å².